The van der Waals surface area contributed by atoms with E-state index in [0.717, 1.165) is 10.0 Å². The topological polar surface area (TPSA) is 27.0 Å². The summed E-state index contributed by atoms with van der Waals surface area (Å²) in [6, 6.07) is 13.1. The second-order valence-electron chi connectivity index (χ2n) is 4.35. The zero-order valence-electron chi connectivity index (χ0n) is 10.7. The van der Waals surface area contributed by atoms with Gasteiger partial charge in [0.2, 0.25) is 0 Å². The average molecular weight is 398 g/mol. The predicted octanol–water partition coefficient (Wildman–Crippen LogP) is 4.86. The summed E-state index contributed by atoms with van der Waals surface area (Å²) in [7, 11) is 1.82. The molecule has 0 N–H and O–H groups in total. The normalized spacial score (nSPS) is 10.2. The molecule has 2 rings (SSSR count). The number of anilines is 1. The highest BCUT2D eigenvalue weighted by molar-refractivity contribution is 9.10. The molecule has 0 aliphatic carbocycles. The molecular formula is C15H11Br2FN2. The van der Waals surface area contributed by atoms with Crippen LogP contribution in [-0.2, 0) is 6.54 Å². The number of halogens is 3. The van der Waals surface area contributed by atoms with E-state index in [1.165, 1.54) is 0 Å². The van der Waals surface area contributed by atoms with Crippen molar-refractivity contribution in [2.45, 2.75) is 6.54 Å². The first-order chi connectivity index (χ1) is 9.52. The third-order valence-electron chi connectivity index (χ3n) is 2.93. The first kappa shape index (κ1) is 15.0. The number of nitriles is 1. The summed E-state index contributed by atoms with van der Waals surface area (Å²) in [6.07, 6.45) is 0. The quantitative estimate of drug-likeness (QED) is 0.739. The molecule has 0 bridgehead atoms. The van der Waals surface area contributed by atoms with Gasteiger partial charge in [-0.1, -0.05) is 28.1 Å². The van der Waals surface area contributed by atoms with Crippen LogP contribution in [0.1, 0.15) is 11.1 Å². The molecule has 0 aliphatic heterocycles. The molecule has 2 aromatic rings. The Morgan fingerprint density at radius 3 is 2.40 bits per heavy atom. The van der Waals surface area contributed by atoms with E-state index in [2.05, 4.69) is 31.9 Å². The highest BCUT2D eigenvalue weighted by Crippen LogP contribution is 2.29. The zero-order valence-corrected chi connectivity index (χ0v) is 13.9. The largest absolute Gasteiger partial charge is 0.368 e. The van der Waals surface area contributed by atoms with Gasteiger partial charge in [-0.2, -0.15) is 5.26 Å². The molecule has 5 heteroatoms. The Kier molecular flexibility index (Phi) is 4.79. The van der Waals surface area contributed by atoms with Gasteiger partial charge in [-0.25, -0.2) is 4.39 Å². The Labute approximate surface area is 134 Å². The number of hydrogen-bond acceptors (Lipinski definition) is 2. The van der Waals surface area contributed by atoms with Gasteiger partial charge < -0.3 is 4.90 Å². The molecule has 0 radical (unpaired) electrons. The van der Waals surface area contributed by atoms with Crippen LogP contribution in [0.15, 0.2) is 45.3 Å². The lowest BCUT2D eigenvalue weighted by atomic mass is 10.1. The van der Waals surface area contributed by atoms with E-state index < -0.39 is 5.82 Å². The van der Waals surface area contributed by atoms with Crippen LogP contribution in [-0.4, -0.2) is 7.05 Å². The maximum absolute atomic E-state index is 14.2. The molecule has 20 heavy (non-hydrogen) atoms. The van der Waals surface area contributed by atoms with Crippen molar-refractivity contribution in [3.8, 4) is 6.07 Å². The van der Waals surface area contributed by atoms with Gasteiger partial charge in [0.1, 0.15) is 6.07 Å². The molecule has 0 aliphatic rings. The summed E-state index contributed by atoms with van der Waals surface area (Å²) < 4.78 is 15.4. The summed E-state index contributed by atoms with van der Waals surface area (Å²) >= 11 is 6.51. The Balaban J connectivity index is 2.26. The summed E-state index contributed by atoms with van der Waals surface area (Å²) in [5.41, 5.74) is 1.83. The maximum atomic E-state index is 14.2. The molecule has 0 heterocycles. The van der Waals surface area contributed by atoms with Crippen molar-refractivity contribution in [2.75, 3.05) is 11.9 Å². The Bertz CT molecular complexity index is 663. The van der Waals surface area contributed by atoms with Gasteiger partial charge >= 0.3 is 0 Å². The standard InChI is InChI=1S/C15H11Br2FN2/c1-20(9-10-2-5-12(16)6-3-10)13-7-4-11(8-19)14(17)15(13)18/h2-7H,9H2,1H3. The van der Waals surface area contributed by atoms with Crippen LogP contribution in [0.2, 0.25) is 0 Å². The van der Waals surface area contributed by atoms with Crippen LogP contribution >= 0.6 is 31.9 Å². The maximum Gasteiger partial charge on any atom is 0.161 e. The van der Waals surface area contributed by atoms with Gasteiger partial charge in [0.25, 0.3) is 0 Å². The van der Waals surface area contributed by atoms with Crippen molar-refractivity contribution in [2.24, 2.45) is 0 Å². The van der Waals surface area contributed by atoms with Crippen molar-refractivity contribution in [1.29, 1.82) is 5.26 Å². The molecule has 2 nitrogen and oxygen atoms in total. The van der Waals surface area contributed by atoms with Gasteiger partial charge in [0.05, 0.1) is 15.7 Å². The highest BCUT2D eigenvalue weighted by atomic mass is 79.9. The SMILES string of the molecule is CN(Cc1ccc(Br)cc1)c1ccc(C#N)c(Br)c1F. The fourth-order valence-corrected chi connectivity index (χ4v) is 2.56. The van der Waals surface area contributed by atoms with E-state index in [9.17, 15) is 4.39 Å². The summed E-state index contributed by atoms with van der Waals surface area (Å²) in [6.45, 7) is 0.586. The zero-order chi connectivity index (χ0) is 14.7. The lowest BCUT2D eigenvalue weighted by Crippen LogP contribution is -2.18. The van der Waals surface area contributed by atoms with Crippen LogP contribution in [0.3, 0.4) is 0 Å². The lowest BCUT2D eigenvalue weighted by molar-refractivity contribution is 0.615. The molecule has 0 fully saturated rings. The second kappa shape index (κ2) is 6.38. The molecule has 2 aromatic carbocycles. The number of hydrogen-bond donors (Lipinski definition) is 0. The fourth-order valence-electron chi connectivity index (χ4n) is 1.87. The van der Waals surface area contributed by atoms with Crippen LogP contribution in [0.4, 0.5) is 10.1 Å². The number of rotatable bonds is 3. The van der Waals surface area contributed by atoms with Gasteiger partial charge in [-0.05, 0) is 45.8 Å². The van der Waals surface area contributed by atoms with Gasteiger partial charge in [0.15, 0.2) is 5.82 Å². The van der Waals surface area contributed by atoms with Crippen LogP contribution in [0.5, 0.6) is 0 Å². The van der Waals surface area contributed by atoms with Gasteiger partial charge in [-0.3, -0.25) is 0 Å². The molecule has 0 atom stereocenters. The molecular weight excluding hydrogens is 387 g/mol. The average Bonchev–Trinajstić information content (AvgIpc) is 2.44. The minimum atomic E-state index is -0.413. The van der Waals surface area contributed by atoms with E-state index in [1.54, 1.807) is 12.1 Å². The third-order valence-corrected chi connectivity index (χ3v) is 4.23. The first-order valence-electron chi connectivity index (χ1n) is 5.86. The fraction of sp³-hybridized carbons (Fsp3) is 0.133. The second-order valence-corrected chi connectivity index (χ2v) is 6.06. The Hall–Kier alpha value is -1.38. The van der Waals surface area contributed by atoms with E-state index in [4.69, 9.17) is 5.26 Å². The molecule has 0 spiro atoms. The van der Waals surface area contributed by atoms with Crippen LogP contribution < -0.4 is 4.90 Å². The van der Waals surface area contributed by atoms with E-state index in [-0.39, 0.29) is 4.47 Å². The summed E-state index contributed by atoms with van der Waals surface area (Å²) in [5.74, 6) is -0.413. The van der Waals surface area contributed by atoms with Crippen molar-refractivity contribution in [3.05, 3.63) is 62.3 Å². The number of benzene rings is 2. The van der Waals surface area contributed by atoms with Crippen LogP contribution in [0, 0.1) is 17.1 Å². The minimum absolute atomic E-state index is 0.208. The predicted molar refractivity (Wildman–Crippen MR) is 85.1 cm³/mol. The van der Waals surface area contributed by atoms with E-state index >= 15 is 0 Å². The van der Waals surface area contributed by atoms with Crippen molar-refractivity contribution < 1.29 is 4.39 Å². The van der Waals surface area contributed by atoms with Crippen molar-refractivity contribution in [1.82, 2.24) is 0 Å². The summed E-state index contributed by atoms with van der Waals surface area (Å²) in [4.78, 5) is 1.81. The first-order valence-corrected chi connectivity index (χ1v) is 7.45. The molecule has 102 valence electrons. The number of nitrogens with zero attached hydrogens (tertiary/aromatic N) is 2. The lowest BCUT2D eigenvalue weighted by Gasteiger charge is -2.21. The highest BCUT2D eigenvalue weighted by Gasteiger charge is 2.14. The molecule has 0 unspecified atom stereocenters. The molecule has 0 saturated heterocycles. The van der Waals surface area contributed by atoms with Crippen molar-refractivity contribution >= 4 is 37.5 Å². The summed E-state index contributed by atoms with van der Waals surface area (Å²) in [5, 5.41) is 8.87. The monoisotopic (exact) mass is 396 g/mol. The van der Waals surface area contributed by atoms with Crippen LogP contribution in [0.25, 0.3) is 0 Å². The molecule has 0 aromatic heterocycles. The Morgan fingerprint density at radius 2 is 1.80 bits per heavy atom. The third kappa shape index (κ3) is 3.20. The molecule has 0 amide bonds. The smallest absolute Gasteiger partial charge is 0.161 e. The van der Waals surface area contributed by atoms with E-state index in [1.807, 2.05) is 42.3 Å². The van der Waals surface area contributed by atoms with Gasteiger partial charge in [-0.15, -0.1) is 0 Å². The molecule has 0 saturated carbocycles. The van der Waals surface area contributed by atoms with Gasteiger partial charge in [0, 0.05) is 18.1 Å². The Morgan fingerprint density at radius 1 is 1.15 bits per heavy atom. The van der Waals surface area contributed by atoms with E-state index in [0.29, 0.717) is 17.8 Å². The van der Waals surface area contributed by atoms with Crippen molar-refractivity contribution in [3.63, 3.8) is 0 Å². The minimum Gasteiger partial charge on any atom is -0.368 e.